The molecule has 1 amide bonds. The highest BCUT2D eigenvalue weighted by Gasteiger charge is 2.19. The van der Waals surface area contributed by atoms with Crippen molar-refractivity contribution in [2.24, 2.45) is 0 Å². The first-order valence-electron chi connectivity index (χ1n) is 7.97. The van der Waals surface area contributed by atoms with Crippen LogP contribution in [0.5, 0.6) is 0 Å². The van der Waals surface area contributed by atoms with Gasteiger partial charge in [-0.05, 0) is 46.6 Å². The van der Waals surface area contributed by atoms with Crippen molar-refractivity contribution in [2.75, 3.05) is 20.1 Å². The molecule has 0 radical (unpaired) electrons. The van der Waals surface area contributed by atoms with Crippen LogP contribution in [-0.4, -0.2) is 42.8 Å². The largest absolute Gasteiger partial charge is 0.444 e. The molecular weight excluding hydrogens is 252 g/mol. The van der Waals surface area contributed by atoms with Gasteiger partial charge in [0.25, 0.3) is 0 Å². The second-order valence-electron chi connectivity index (χ2n) is 6.48. The summed E-state index contributed by atoms with van der Waals surface area (Å²) in [6.45, 7) is 11.8. The lowest BCUT2D eigenvalue weighted by molar-refractivity contribution is 0.0297. The highest BCUT2D eigenvalue weighted by Crippen LogP contribution is 2.09. The molecule has 4 nitrogen and oxygen atoms in total. The van der Waals surface area contributed by atoms with Crippen LogP contribution in [0.2, 0.25) is 0 Å². The number of carbonyl (C=O) groups is 1. The van der Waals surface area contributed by atoms with E-state index >= 15 is 0 Å². The maximum atomic E-state index is 11.8. The maximum Gasteiger partial charge on any atom is 0.410 e. The SMILES string of the molecule is CCCC(CCC)NCCCN(C)C(=O)OC(C)(C)C. The van der Waals surface area contributed by atoms with Crippen molar-refractivity contribution in [1.82, 2.24) is 10.2 Å². The number of nitrogens with one attached hydrogen (secondary N) is 1. The molecular formula is C16H34N2O2. The minimum absolute atomic E-state index is 0.240. The Morgan fingerprint density at radius 2 is 1.75 bits per heavy atom. The van der Waals surface area contributed by atoms with Crippen molar-refractivity contribution in [3.63, 3.8) is 0 Å². The van der Waals surface area contributed by atoms with Gasteiger partial charge in [0.15, 0.2) is 0 Å². The second-order valence-corrected chi connectivity index (χ2v) is 6.48. The Bertz CT molecular complexity index is 256. The van der Waals surface area contributed by atoms with E-state index in [0.717, 1.165) is 19.5 Å². The zero-order valence-corrected chi connectivity index (χ0v) is 14.3. The average molecular weight is 286 g/mol. The van der Waals surface area contributed by atoms with Gasteiger partial charge in [-0.2, -0.15) is 0 Å². The fraction of sp³-hybridized carbons (Fsp3) is 0.938. The van der Waals surface area contributed by atoms with Crippen LogP contribution in [-0.2, 0) is 4.74 Å². The van der Waals surface area contributed by atoms with E-state index in [1.165, 1.54) is 25.7 Å². The lowest BCUT2D eigenvalue weighted by Gasteiger charge is -2.25. The van der Waals surface area contributed by atoms with Gasteiger partial charge < -0.3 is 15.0 Å². The van der Waals surface area contributed by atoms with Crippen LogP contribution in [0.15, 0.2) is 0 Å². The minimum atomic E-state index is -0.420. The predicted octanol–water partition coefficient (Wildman–Crippen LogP) is 3.80. The maximum absolute atomic E-state index is 11.8. The molecule has 20 heavy (non-hydrogen) atoms. The Balaban J connectivity index is 3.84. The van der Waals surface area contributed by atoms with E-state index in [1.807, 2.05) is 20.8 Å². The smallest absolute Gasteiger partial charge is 0.410 e. The van der Waals surface area contributed by atoms with Crippen LogP contribution in [0.4, 0.5) is 4.79 Å². The number of hydrogen-bond donors (Lipinski definition) is 1. The molecule has 0 aromatic carbocycles. The van der Waals surface area contributed by atoms with Gasteiger partial charge in [-0.25, -0.2) is 4.79 Å². The summed E-state index contributed by atoms with van der Waals surface area (Å²) in [5.41, 5.74) is -0.420. The molecule has 0 saturated heterocycles. The molecule has 0 saturated carbocycles. The van der Waals surface area contributed by atoms with E-state index in [1.54, 1.807) is 11.9 Å². The number of nitrogens with zero attached hydrogens (tertiary/aromatic N) is 1. The first kappa shape index (κ1) is 19.2. The van der Waals surface area contributed by atoms with Crippen LogP contribution in [0, 0.1) is 0 Å². The second kappa shape index (κ2) is 10.0. The molecule has 0 fully saturated rings. The first-order valence-corrected chi connectivity index (χ1v) is 7.97. The number of rotatable bonds is 9. The summed E-state index contributed by atoms with van der Waals surface area (Å²) < 4.78 is 5.32. The van der Waals surface area contributed by atoms with Crippen molar-refractivity contribution in [3.05, 3.63) is 0 Å². The number of ether oxygens (including phenoxy) is 1. The molecule has 0 aliphatic rings. The van der Waals surface area contributed by atoms with E-state index in [2.05, 4.69) is 19.2 Å². The summed E-state index contributed by atoms with van der Waals surface area (Å²) >= 11 is 0. The molecule has 0 aliphatic carbocycles. The third-order valence-electron chi connectivity index (χ3n) is 3.08. The summed E-state index contributed by atoms with van der Waals surface area (Å²) in [5, 5.41) is 3.59. The molecule has 0 aromatic rings. The van der Waals surface area contributed by atoms with Gasteiger partial charge in [0.1, 0.15) is 5.60 Å². The molecule has 0 atom stereocenters. The zero-order valence-electron chi connectivity index (χ0n) is 14.3. The van der Waals surface area contributed by atoms with Gasteiger partial charge in [0.05, 0.1) is 0 Å². The van der Waals surface area contributed by atoms with Gasteiger partial charge in [0, 0.05) is 19.6 Å². The van der Waals surface area contributed by atoms with Crippen LogP contribution < -0.4 is 5.32 Å². The molecule has 0 unspecified atom stereocenters. The van der Waals surface area contributed by atoms with E-state index < -0.39 is 5.60 Å². The fourth-order valence-electron chi connectivity index (χ4n) is 2.10. The standard InChI is InChI=1S/C16H34N2O2/c1-7-10-14(11-8-2)17-12-9-13-18(6)15(19)20-16(3,4)5/h14,17H,7-13H2,1-6H3. The topological polar surface area (TPSA) is 41.6 Å². The van der Waals surface area contributed by atoms with E-state index in [4.69, 9.17) is 4.74 Å². The van der Waals surface area contributed by atoms with Crippen LogP contribution >= 0.6 is 0 Å². The molecule has 0 aromatic heterocycles. The van der Waals surface area contributed by atoms with Gasteiger partial charge in [-0.1, -0.05) is 26.7 Å². The Kier molecular flexibility index (Phi) is 9.64. The van der Waals surface area contributed by atoms with Crippen molar-refractivity contribution in [1.29, 1.82) is 0 Å². The third-order valence-corrected chi connectivity index (χ3v) is 3.08. The van der Waals surface area contributed by atoms with Gasteiger partial charge in [-0.15, -0.1) is 0 Å². The molecule has 0 rings (SSSR count). The van der Waals surface area contributed by atoms with E-state index in [0.29, 0.717) is 6.04 Å². The van der Waals surface area contributed by atoms with Crippen LogP contribution in [0.3, 0.4) is 0 Å². The zero-order chi connectivity index (χ0) is 15.6. The molecule has 0 bridgehead atoms. The Labute approximate surface area is 125 Å². The molecule has 1 N–H and O–H groups in total. The lowest BCUT2D eigenvalue weighted by Crippen LogP contribution is -2.36. The first-order chi connectivity index (χ1) is 9.30. The monoisotopic (exact) mass is 286 g/mol. The molecule has 4 heteroatoms. The Hall–Kier alpha value is -0.770. The molecule has 0 heterocycles. The highest BCUT2D eigenvalue weighted by molar-refractivity contribution is 5.67. The summed E-state index contributed by atoms with van der Waals surface area (Å²) in [4.78, 5) is 13.4. The number of carbonyl (C=O) groups excluding carboxylic acids is 1. The van der Waals surface area contributed by atoms with Crippen molar-refractivity contribution < 1.29 is 9.53 Å². The van der Waals surface area contributed by atoms with Gasteiger partial charge in [0.2, 0.25) is 0 Å². The van der Waals surface area contributed by atoms with Crippen molar-refractivity contribution in [2.45, 2.75) is 78.4 Å². The summed E-state index contributed by atoms with van der Waals surface area (Å²) in [6.07, 6.45) is 5.62. The van der Waals surface area contributed by atoms with Crippen molar-refractivity contribution >= 4 is 6.09 Å². The number of amides is 1. The Morgan fingerprint density at radius 1 is 1.20 bits per heavy atom. The average Bonchev–Trinajstić information content (AvgIpc) is 2.32. The Morgan fingerprint density at radius 3 is 2.20 bits per heavy atom. The van der Waals surface area contributed by atoms with Crippen LogP contribution in [0.25, 0.3) is 0 Å². The quantitative estimate of drug-likeness (QED) is 0.655. The third kappa shape index (κ3) is 10.1. The van der Waals surface area contributed by atoms with Gasteiger partial charge >= 0.3 is 6.09 Å². The lowest BCUT2D eigenvalue weighted by atomic mass is 10.1. The molecule has 0 aliphatic heterocycles. The minimum Gasteiger partial charge on any atom is -0.444 e. The van der Waals surface area contributed by atoms with Gasteiger partial charge in [-0.3, -0.25) is 0 Å². The van der Waals surface area contributed by atoms with E-state index in [-0.39, 0.29) is 6.09 Å². The normalized spacial score (nSPS) is 11.8. The van der Waals surface area contributed by atoms with E-state index in [9.17, 15) is 4.79 Å². The number of hydrogen-bond acceptors (Lipinski definition) is 3. The van der Waals surface area contributed by atoms with Crippen LogP contribution in [0.1, 0.15) is 66.7 Å². The predicted molar refractivity (Wildman–Crippen MR) is 85.1 cm³/mol. The summed E-state index contributed by atoms with van der Waals surface area (Å²) in [7, 11) is 1.80. The summed E-state index contributed by atoms with van der Waals surface area (Å²) in [6, 6.07) is 0.622. The van der Waals surface area contributed by atoms with Crippen molar-refractivity contribution in [3.8, 4) is 0 Å². The highest BCUT2D eigenvalue weighted by atomic mass is 16.6. The molecule has 0 spiro atoms. The summed E-state index contributed by atoms with van der Waals surface area (Å²) in [5.74, 6) is 0. The molecule has 120 valence electrons. The fourth-order valence-corrected chi connectivity index (χ4v) is 2.10.